The molecule has 112 valence electrons. The Kier molecular flexibility index (Phi) is 5.48. The number of hydrogen-bond acceptors (Lipinski definition) is 2. The number of halogens is 1. The normalized spacial score (nSPS) is 25.9. The van der Waals surface area contributed by atoms with Gasteiger partial charge < -0.3 is 5.32 Å². The van der Waals surface area contributed by atoms with E-state index >= 15 is 0 Å². The Bertz CT molecular complexity index is 416. The third-order valence-electron chi connectivity index (χ3n) is 4.16. The van der Waals surface area contributed by atoms with Crippen LogP contribution in [0, 0.1) is 5.92 Å². The number of rotatable bonds is 4. The summed E-state index contributed by atoms with van der Waals surface area (Å²) in [7, 11) is 0. The van der Waals surface area contributed by atoms with Crippen LogP contribution in [0.2, 0.25) is 5.02 Å². The minimum atomic E-state index is 0.492. The highest BCUT2D eigenvalue weighted by Gasteiger charge is 2.30. The van der Waals surface area contributed by atoms with E-state index in [2.05, 4.69) is 50.0 Å². The van der Waals surface area contributed by atoms with Crippen molar-refractivity contribution in [3.05, 3.63) is 34.9 Å². The van der Waals surface area contributed by atoms with E-state index in [1.54, 1.807) is 0 Å². The molecule has 1 unspecified atom stereocenters. The maximum atomic E-state index is 6.04. The summed E-state index contributed by atoms with van der Waals surface area (Å²) in [5, 5.41) is 4.39. The van der Waals surface area contributed by atoms with Gasteiger partial charge in [0.25, 0.3) is 0 Å². The molecule has 20 heavy (non-hydrogen) atoms. The first kappa shape index (κ1) is 15.8. The van der Waals surface area contributed by atoms with Gasteiger partial charge >= 0.3 is 0 Å². The van der Waals surface area contributed by atoms with E-state index in [-0.39, 0.29) is 0 Å². The third kappa shape index (κ3) is 3.97. The van der Waals surface area contributed by atoms with Gasteiger partial charge in [-0.3, -0.25) is 4.90 Å². The van der Waals surface area contributed by atoms with Gasteiger partial charge in [0.05, 0.1) is 0 Å². The van der Waals surface area contributed by atoms with E-state index in [4.69, 9.17) is 11.6 Å². The molecule has 1 aromatic rings. The zero-order chi connectivity index (χ0) is 14.7. The number of benzene rings is 1. The van der Waals surface area contributed by atoms with Crippen LogP contribution in [0.1, 0.15) is 45.7 Å². The molecule has 0 bridgehead atoms. The molecule has 0 aliphatic carbocycles. The van der Waals surface area contributed by atoms with E-state index in [9.17, 15) is 0 Å². The average Bonchev–Trinajstić information content (AvgIpc) is 2.40. The van der Waals surface area contributed by atoms with Gasteiger partial charge in [0.2, 0.25) is 0 Å². The van der Waals surface area contributed by atoms with Gasteiger partial charge in [0.1, 0.15) is 0 Å². The van der Waals surface area contributed by atoms with Gasteiger partial charge in [-0.2, -0.15) is 0 Å². The summed E-state index contributed by atoms with van der Waals surface area (Å²) < 4.78 is 0. The van der Waals surface area contributed by atoms with Crippen molar-refractivity contribution in [3.63, 3.8) is 0 Å². The summed E-state index contributed by atoms with van der Waals surface area (Å²) in [4.78, 5) is 2.66. The first-order valence-corrected chi connectivity index (χ1v) is 8.09. The van der Waals surface area contributed by atoms with E-state index in [1.807, 2.05) is 12.1 Å². The van der Waals surface area contributed by atoms with Crippen LogP contribution < -0.4 is 5.32 Å². The lowest BCUT2D eigenvalue weighted by Crippen LogP contribution is -2.55. The molecule has 2 nitrogen and oxygen atoms in total. The number of nitrogens with one attached hydrogen (secondary N) is 1. The Balaban J connectivity index is 2.24. The van der Waals surface area contributed by atoms with Crippen LogP contribution in [0.15, 0.2) is 24.3 Å². The molecule has 0 saturated carbocycles. The molecule has 2 rings (SSSR count). The Labute approximate surface area is 128 Å². The minimum Gasteiger partial charge on any atom is -0.311 e. The molecular weight excluding hydrogens is 268 g/mol. The van der Waals surface area contributed by atoms with Crippen molar-refractivity contribution in [2.75, 3.05) is 13.1 Å². The molecule has 1 aromatic carbocycles. The van der Waals surface area contributed by atoms with Crippen molar-refractivity contribution < 1.29 is 0 Å². The Morgan fingerprint density at radius 3 is 2.50 bits per heavy atom. The van der Waals surface area contributed by atoms with Crippen LogP contribution in [0.4, 0.5) is 0 Å². The zero-order valence-corrected chi connectivity index (χ0v) is 13.8. The lowest BCUT2D eigenvalue weighted by Gasteiger charge is -2.43. The second-order valence-electron chi connectivity index (χ2n) is 6.55. The van der Waals surface area contributed by atoms with Gasteiger partial charge in [-0.25, -0.2) is 0 Å². The van der Waals surface area contributed by atoms with Crippen molar-refractivity contribution in [2.24, 2.45) is 5.92 Å². The highest BCUT2D eigenvalue weighted by atomic mass is 35.5. The van der Waals surface area contributed by atoms with E-state index in [1.165, 1.54) is 12.0 Å². The fourth-order valence-electron chi connectivity index (χ4n) is 3.08. The first-order chi connectivity index (χ1) is 9.47. The standard InChI is InChI=1S/C17H27ClN2/c1-12(2)9-17(15-5-7-16(18)8-6-15)20-11-13(3)19-10-14(20)4/h5-8,12-14,17,19H,9-11H2,1-4H3/t13-,14+,17?/m0/s1. The molecule has 1 N–H and O–H groups in total. The molecule has 3 heteroatoms. The Hall–Kier alpha value is -0.570. The smallest absolute Gasteiger partial charge is 0.0406 e. The first-order valence-electron chi connectivity index (χ1n) is 7.72. The van der Waals surface area contributed by atoms with E-state index in [0.717, 1.165) is 18.1 Å². The van der Waals surface area contributed by atoms with Crippen LogP contribution >= 0.6 is 11.6 Å². The summed E-state index contributed by atoms with van der Waals surface area (Å²) in [6.45, 7) is 11.4. The number of hydrogen-bond donors (Lipinski definition) is 1. The molecule has 1 aliphatic heterocycles. The largest absolute Gasteiger partial charge is 0.311 e. The highest BCUT2D eigenvalue weighted by Crippen LogP contribution is 2.31. The van der Waals surface area contributed by atoms with Crippen molar-refractivity contribution in [1.29, 1.82) is 0 Å². The van der Waals surface area contributed by atoms with Gasteiger partial charge in [-0.15, -0.1) is 0 Å². The van der Waals surface area contributed by atoms with Crippen LogP contribution in [-0.2, 0) is 0 Å². The second kappa shape index (κ2) is 6.93. The summed E-state index contributed by atoms with van der Waals surface area (Å²) >= 11 is 6.04. The van der Waals surface area contributed by atoms with E-state index < -0.39 is 0 Å². The molecule has 1 heterocycles. The van der Waals surface area contributed by atoms with Crippen LogP contribution in [0.25, 0.3) is 0 Å². The second-order valence-corrected chi connectivity index (χ2v) is 6.99. The summed E-state index contributed by atoms with van der Waals surface area (Å²) in [5.41, 5.74) is 1.39. The quantitative estimate of drug-likeness (QED) is 0.899. The lowest BCUT2D eigenvalue weighted by atomic mass is 9.93. The fourth-order valence-corrected chi connectivity index (χ4v) is 3.20. The van der Waals surface area contributed by atoms with Crippen LogP contribution in [0.5, 0.6) is 0 Å². The molecule has 0 aromatic heterocycles. The Morgan fingerprint density at radius 2 is 1.90 bits per heavy atom. The fraction of sp³-hybridized carbons (Fsp3) is 0.647. The predicted octanol–water partition coefficient (Wildman–Crippen LogP) is 4.11. The van der Waals surface area contributed by atoms with Gasteiger partial charge in [0.15, 0.2) is 0 Å². The number of nitrogens with zero attached hydrogens (tertiary/aromatic N) is 1. The van der Waals surface area contributed by atoms with Gasteiger partial charge in [-0.1, -0.05) is 37.6 Å². The SMILES string of the molecule is CC(C)CC(c1ccc(Cl)cc1)N1C[C@H](C)NC[C@H]1C. The maximum Gasteiger partial charge on any atom is 0.0406 e. The summed E-state index contributed by atoms with van der Waals surface area (Å²) in [6, 6.07) is 10.0. The molecule has 1 aliphatic rings. The predicted molar refractivity (Wildman–Crippen MR) is 87.3 cm³/mol. The van der Waals surface area contributed by atoms with Crippen LogP contribution in [-0.4, -0.2) is 30.1 Å². The molecule has 3 atom stereocenters. The van der Waals surface area contributed by atoms with Gasteiger partial charge in [-0.05, 0) is 43.9 Å². The molecule has 0 spiro atoms. The number of piperazine rings is 1. The summed E-state index contributed by atoms with van der Waals surface area (Å²) in [6.07, 6.45) is 1.19. The van der Waals surface area contributed by atoms with E-state index in [0.29, 0.717) is 24.0 Å². The lowest BCUT2D eigenvalue weighted by molar-refractivity contribution is 0.0826. The van der Waals surface area contributed by atoms with Crippen molar-refractivity contribution >= 4 is 11.6 Å². The molecule has 0 amide bonds. The third-order valence-corrected chi connectivity index (χ3v) is 4.41. The van der Waals surface area contributed by atoms with Crippen LogP contribution in [0.3, 0.4) is 0 Å². The summed E-state index contributed by atoms with van der Waals surface area (Å²) in [5.74, 6) is 0.688. The zero-order valence-electron chi connectivity index (χ0n) is 13.1. The molecular formula is C17H27ClN2. The maximum absolute atomic E-state index is 6.04. The van der Waals surface area contributed by atoms with Crippen molar-refractivity contribution in [3.8, 4) is 0 Å². The van der Waals surface area contributed by atoms with Gasteiger partial charge in [0, 0.05) is 36.2 Å². The Morgan fingerprint density at radius 1 is 1.25 bits per heavy atom. The topological polar surface area (TPSA) is 15.3 Å². The van der Waals surface area contributed by atoms with Crippen molar-refractivity contribution in [1.82, 2.24) is 10.2 Å². The van der Waals surface area contributed by atoms with Crippen molar-refractivity contribution in [2.45, 2.75) is 52.2 Å². The monoisotopic (exact) mass is 294 g/mol. The average molecular weight is 295 g/mol. The minimum absolute atomic E-state index is 0.492. The molecule has 0 radical (unpaired) electrons. The molecule has 1 fully saturated rings. The highest BCUT2D eigenvalue weighted by molar-refractivity contribution is 6.30. The molecule has 1 saturated heterocycles.